The van der Waals surface area contributed by atoms with Crippen LogP contribution in [0.4, 0.5) is 5.82 Å². The third-order valence-electron chi connectivity index (χ3n) is 2.60. The van der Waals surface area contributed by atoms with E-state index in [0.717, 1.165) is 37.8 Å². The molecule has 1 saturated heterocycles. The van der Waals surface area contributed by atoms with Crippen LogP contribution in [-0.2, 0) is 4.74 Å². The molecular formula is C11H17N3O. The number of ether oxygens (including phenoxy) is 1. The first kappa shape index (κ1) is 10.4. The molecule has 1 fully saturated rings. The molecule has 82 valence electrons. The topological polar surface area (TPSA) is 38.2 Å². The van der Waals surface area contributed by atoms with Crippen LogP contribution in [0.1, 0.15) is 25.5 Å². The Morgan fingerprint density at radius 1 is 1.20 bits per heavy atom. The molecular weight excluding hydrogens is 190 g/mol. The molecule has 0 amide bonds. The molecule has 1 aliphatic heterocycles. The van der Waals surface area contributed by atoms with Gasteiger partial charge in [0.1, 0.15) is 0 Å². The molecule has 0 spiro atoms. The van der Waals surface area contributed by atoms with E-state index in [2.05, 4.69) is 35.0 Å². The summed E-state index contributed by atoms with van der Waals surface area (Å²) in [6.45, 7) is 7.64. The van der Waals surface area contributed by atoms with Crippen molar-refractivity contribution in [3.8, 4) is 0 Å². The van der Waals surface area contributed by atoms with Crippen molar-refractivity contribution in [2.75, 3.05) is 31.2 Å². The average Bonchev–Trinajstić information content (AvgIpc) is 2.30. The highest BCUT2D eigenvalue weighted by molar-refractivity contribution is 5.37. The van der Waals surface area contributed by atoms with Gasteiger partial charge in [-0.05, 0) is 18.1 Å². The summed E-state index contributed by atoms with van der Waals surface area (Å²) in [6.07, 6.45) is 0. The maximum Gasteiger partial charge on any atom is 0.151 e. The van der Waals surface area contributed by atoms with Gasteiger partial charge >= 0.3 is 0 Å². The lowest BCUT2D eigenvalue weighted by atomic mass is 10.1. The Morgan fingerprint density at radius 2 is 1.93 bits per heavy atom. The van der Waals surface area contributed by atoms with E-state index < -0.39 is 0 Å². The minimum atomic E-state index is 0.441. The van der Waals surface area contributed by atoms with E-state index >= 15 is 0 Å². The van der Waals surface area contributed by atoms with Crippen molar-refractivity contribution in [2.24, 2.45) is 0 Å². The first-order valence-electron chi connectivity index (χ1n) is 5.43. The lowest BCUT2D eigenvalue weighted by Crippen LogP contribution is -2.36. The minimum absolute atomic E-state index is 0.441. The Bertz CT molecular complexity index is 304. The monoisotopic (exact) mass is 207 g/mol. The van der Waals surface area contributed by atoms with Crippen molar-refractivity contribution >= 4 is 5.82 Å². The Balaban J connectivity index is 2.08. The fourth-order valence-electron chi connectivity index (χ4n) is 1.60. The van der Waals surface area contributed by atoms with Crippen LogP contribution in [0.25, 0.3) is 0 Å². The number of morpholine rings is 1. The quantitative estimate of drug-likeness (QED) is 0.735. The van der Waals surface area contributed by atoms with E-state index in [1.165, 1.54) is 0 Å². The molecule has 1 aliphatic rings. The lowest BCUT2D eigenvalue weighted by Gasteiger charge is -2.27. The second kappa shape index (κ2) is 4.57. The van der Waals surface area contributed by atoms with Crippen LogP contribution in [-0.4, -0.2) is 36.5 Å². The largest absolute Gasteiger partial charge is 0.378 e. The highest BCUT2D eigenvalue weighted by atomic mass is 16.5. The van der Waals surface area contributed by atoms with Gasteiger partial charge in [-0.3, -0.25) is 0 Å². The summed E-state index contributed by atoms with van der Waals surface area (Å²) in [5, 5.41) is 8.46. The van der Waals surface area contributed by atoms with Crippen LogP contribution in [0.15, 0.2) is 12.1 Å². The zero-order valence-corrected chi connectivity index (χ0v) is 9.31. The number of hydrogen-bond donors (Lipinski definition) is 0. The SMILES string of the molecule is CC(C)c1ccc(N2CCOCC2)nn1. The Hall–Kier alpha value is -1.16. The van der Waals surface area contributed by atoms with Crippen molar-refractivity contribution in [2.45, 2.75) is 19.8 Å². The van der Waals surface area contributed by atoms with Gasteiger partial charge < -0.3 is 9.64 Å². The summed E-state index contributed by atoms with van der Waals surface area (Å²) >= 11 is 0. The molecule has 2 heterocycles. The summed E-state index contributed by atoms with van der Waals surface area (Å²) in [4.78, 5) is 2.21. The van der Waals surface area contributed by atoms with Gasteiger partial charge in [0.25, 0.3) is 0 Å². The highest BCUT2D eigenvalue weighted by Gasteiger charge is 2.12. The van der Waals surface area contributed by atoms with Gasteiger partial charge in [-0.25, -0.2) is 0 Å². The van der Waals surface area contributed by atoms with Gasteiger partial charge in [-0.1, -0.05) is 13.8 Å². The number of hydrogen-bond acceptors (Lipinski definition) is 4. The van der Waals surface area contributed by atoms with Crippen LogP contribution in [0.3, 0.4) is 0 Å². The van der Waals surface area contributed by atoms with Crippen LogP contribution in [0.2, 0.25) is 0 Å². The molecule has 0 bridgehead atoms. The second-order valence-electron chi connectivity index (χ2n) is 4.07. The summed E-state index contributed by atoms with van der Waals surface area (Å²) in [6, 6.07) is 4.11. The van der Waals surface area contributed by atoms with Crippen molar-refractivity contribution in [1.29, 1.82) is 0 Å². The zero-order chi connectivity index (χ0) is 10.7. The van der Waals surface area contributed by atoms with E-state index in [4.69, 9.17) is 4.74 Å². The number of rotatable bonds is 2. The minimum Gasteiger partial charge on any atom is -0.378 e. The second-order valence-corrected chi connectivity index (χ2v) is 4.07. The third kappa shape index (κ3) is 2.45. The van der Waals surface area contributed by atoms with Crippen molar-refractivity contribution < 1.29 is 4.74 Å². The summed E-state index contributed by atoms with van der Waals surface area (Å²) in [5.74, 6) is 1.40. The predicted molar refractivity (Wildman–Crippen MR) is 59.2 cm³/mol. The smallest absolute Gasteiger partial charge is 0.151 e. The number of nitrogens with zero attached hydrogens (tertiary/aromatic N) is 3. The molecule has 4 nitrogen and oxygen atoms in total. The van der Waals surface area contributed by atoms with Crippen molar-refractivity contribution in [3.05, 3.63) is 17.8 Å². The van der Waals surface area contributed by atoms with Crippen LogP contribution in [0, 0.1) is 0 Å². The van der Waals surface area contributed by atoms with Crippen LogP contribution in [0.5, 0.6) is 0 Å². The van der Waals surface area contributed by atoms with Crippen molar-refractivity contribution in [3.63, 3.8) is 0 Å². The number of anilines is 1. The molecule has 0 radical (unpaired) electrons. The molecule has 1 aromatic rings. The summed E-state index contributed by atoms with van der Waals surface area (Å²) in [5.41, 5.74) is 1.05. The fourth-order valence-corrected chi connectivity index (χ4v) is 1.60. The van der Waals surface area contributed by atoms with E-state index in [0.29, 0.717) is 5.92 Å². The van der Waals surface area contributed by atoms with E-state index in [1.54, 1.807) is 0 Å². The van der Waals surface area contributed by atoms with E-state index in [1.807, 2.05) is 6.07 Å². The van der Waals surface area contributed by atoms with E-state index in [-0.39, 0.29) is 0 Å². The molecule has 2 rings (SSSR count). The van der Waals surface area contributed by atoms with Gasteiger partial charge in [0.15, 0.2) is 5.82 Å². The summed E-state index contributed by atoms with van der Waals surface area (Å²) < 4.78 is 5.29. The molecule has 4 heteroatoms. The maximum atomic E-state index is 5.29. The molecule has 0 aliphatic carbocycles. The molecule has 0 saturated carbocycles. The number of aromatic nitrogens is 2. The van der Waals surface area contributed by atoms with Crippen LogP contribution < -0.4 is 4.90 Å². The van der Waals surface area contributed by atoms with Crippen molar-refractivity contribution in [1.82, 2.24) is 10.2 Å². The molecule has 0 N–H and O–H groups in total. The van der Waals surface area contributed by atoms with Gasteiger partial charge in [0, 0.05) is 13.1 Å². The Kier molecular flexibility index (Phi) is 3.16. The first-order chi connectivity index (χ1) is 7.27. The molecule has 0 unspecified atom stereocenters. The van der Waals surface area contributed by atoms with Gasteiger partial charge in [0.05, 0.1) is 18.9 Å². The Morgan fingerprint density at radius 3 is 2.47 bits per heavy atom. The van der Waals surface area contributed by atoms with Gasteiger partial charge in [-0.15, -0.1) is 5.10 Å². The highest BCUT2D eigenvalue weighted by Crippen LogP contribution is 2.15. The third-order valence-corrected chi connectivity index (χ3v) is 2.60. The molecule has 0 aromatic carbocycles. The molecule has 0 atom stereocenters. The zero-order valence-electron chi connectivity index (χ0n) is 9.31. The van der Waals surface area contributed by atoms with Gasteiger partial charge in [-0.2, -0.15) is 5.10 Å². The Labute approximate surface area is 90.3 Å². The predicted octanol–water partition coefficient (Wildman–Crippen LogP) is 1.44. The lowest BCUT2D eigenvalue weighted by molar-refractivity contribution is 0.122. The fraction of sp³-hybridized carbons (Fsp3) is 0.636. The maximum absolute atomic E-state index is 5.29. The molecule has 1 aromatic heterocycles. The van der Waals surface area contributed by atoms with Crippen LogP contribution >= 0.6 is 0 Å². The average molecular weight is 207 g/mol. The molecule has 15 heavy (non-hydrogen) atoms. The van der Waals surface area contributed by atoms with E-state index in [9.17, 15) is 0 Å². The first-order valence-corrected chi connectivity index (χ1v) is 5.43. The van der Waals surface area contributed by atoms with Gasteiger partial charge in [0.2, 0.25) is 0 Å². The summed E-state index contributed by atoms with van der Waals surface area (Å²) in [7, 11) is 0. The standard InChI is InChI=1S/C11H17N3O/c1-9(2)10-3-4-11(13-12-10)14-5-7-15-8-6-14/h3-4,9H,5-8H2,1-2H3. The normalized spacial score (nSPS) is 17.1.